The van der Waals surface area contributed by atoms with E-state index >= 15 is 0 Å². The molecule has 0 saturated heterocycles. The van der Waals surface area contributed by atoms with Crippen molar-refractivity contribution in [2.24, 2.45) is 5.73 Å². The highest BCUT2D eigenvalue weighted by atomic mass is 19.1. The number of pyridine rings is 1. The van der Waals surface area contributed by atoms with E-state index in [4.69, 9.17) is 10.5 Å². The van der Waals surface area contributed by atoms with Gasteiger partial charge in [0.25, 0.3) is 0 Å². The van der Waals surface area contributed by atoms with E-state index in [0.29, 0.717) is 19.6 Å². The Morgan fingerprint density at radius 3 is 2.83 bits per heavy atom. The van der Waals surface area contributed by atoms with Crippen molar-refractivity contribution in [3.63, 3.8) is 0 Å². The van der Waals surface area contributed by atoms with E-state index in [0.717, 1.165) is 11.1 Å². The molecule has 0 fully saturated rings. The Bertz CT molecular complexity index is 502. The molecule has 18 heavy (non-hydrogen) atoms. The molecule has 0 aliphatic heterocycles. The lowest BCUT2D eigenvalue weighted by atomic mass is 10.1. The molecule has 2 rings (SSSR count). The van der Waals surface area contributed by atoms with Crippen LogP contribution < -0.4 is 10.5 Å². The van der Waals surface area contributed by atoms with Gasteiger partial charge in [0.05, 0.1) is 0 Å². The molecular formula is C14H15FN2O. The second-order valence-corrected chi connectivity index (χ2v) is 3.92. The maximum absolute atomic E-state index is 13.7. The summed E-state index contributed by atoms with van der Waals surface area (Å²) >= 11 is 0. The number of halogens is 1. The van der Waals surface area contributed by atoms with Gasteiger partial charge in [0.2, 0.25) is 0 Å². The maximum Gasteiger partial charge on any atom is 0.165 e. The molecule has 0 aliphatic rings. The molecule has 3 nitrogen and oxygen atoms in total. The maximum atomic E-state index is 13.7. The van der Waals surface area contributed by atoms with Gasteiger partial charge in [0.15, 0.2) is 11.6 Å². The van der Waals surface area contributed by atoms with Crippen molar-refractivity contribution < 1.29 is 9.13 Å². The predicted octanol–water partition coefficient (Wildman–Crippen LogP) is 2.30. The van der Waals surface area contributed by atoms with Gasteiger partial charge in [-0.05, 0) is 30.7 Å². The molecule has 0 spiro atoms. The Kier molecular flexibility index (Phi) is 4.25. The average Bonchev–Trinajstić information content (AvgIpc) is 2.40. The number of hydrogen-bond acceptors (Lipinski definition) is 3. The first kappa shape index (κ1) is 12.5. The first-order valence-corrected chi connectivity index (χ1v) is 5.80. The Hall–Kier alpha value is -1.94. The highest BCUT2D eigenvalue weighted by molar-refractivity contribution is 5.35. The normalized spacial score (nSPS) is 10.3. The molecule has 0 unspecified atom stereocenters. The van der Waals surface area contributed by atoms with E-state index in [1.165, 1.54) is 6.07 Å². The predicted molar refractivity (Wildman–Crippen MR) is 67.7 cm³/mol. The number of benzene rings is 1. The monoisotopic (exact) mass is 246 g/mol. The number of nitrogens with two attached hydrogens (primary N) is 1. The Labute approximate surface area is 105 Å². The molecule has 4 heteroatoms. The summed E-state index contributed by atoms with van der Waals surface area (Å²) in [7, 11) is 0. The number of ether oxygens (including phenoxy) is 1. The number of nitrogens with zero attached hydrogens (tertiary/aromatic N) is 1. The Morgan fingerprint density at radius 1 is 1.22 bits per heavy atom. The van der Waals surface area contributed by atoms with Gasteiger partial charge in [0.1, 0.15) is 6.61 Å². The minimum atomic E-state index is -0.357. The van der Waals surface area contributed by atoms with Gasteiger partial charge in [-0.25, -0.2) is 4.39 Å². The van der Waals surface area contributed by atoms with Gasteiger partial charge in [-0.15, -0.1) is 0 Å². The summed E-state index contributed by atoms with van der Waals surface area (Å²) < 4.78 is 19.2. The van der Waals surface area contributed by atoms with Gasteiger partial charge < -0.3 is 10.5 Å². The van der Waals surface area contributed by atoms with Crippen LogP contribution in [0, 0.1) is 5.82 Å². The topological polar surface area (TPSA) is 48.1 Å². The summed E-state index contributed by atoms with van der Waals surface area (Å²) in [5.74, 6) is -0.0726. The Morgan fingerprint density at radius 2 is 2.11 bits per heavy atom. The molecule has 0 bridgehead atoms. The van der Waals surface area contributed by atoms with Crippen LogP contribution in [0.4, 0.5) is 4.39 Å². The third-order valence-electron chi connectivity index (χ3n) is 2.57. The molecule has 94 valence electrons. The van der Waals surface area contributed by atoms with Crippen LogP contribution in [0.2, 0.25) is 0 Å². The van der Waals surface area contributed by atoms with Crippen LogP contribution in [-0.4, -0.2) is 11.5 Å². The van der Waals surface area contributed by atoms with E-state index in [2.05, 4.69) is 4.98 Å². The third kappa shape index (κ3) is 3.05. The molecule has 0 radical (unpaired) electrons. The molecule has 2 aromatic rings. The van der Waals surface area contributed by atoms with Crippen LogP contribution in [0.3, 0.4) is 0 Å². The van der Waals surface area contributed by atoms with Crippen molar-refractivity contribution in [1.29, 1.82) is 0 Å². The summed E-state index contributed by atoms with van der Waals surface area (Å²) in [6.07, 6.45) is 3.98. The van der Waals surface area contributed by atoms with Crippen LogP contribution >= 0.6 is 0 Å². The van der Waals surface area contributed by atoms with Crippen LogP contribution in [0.5, 0.6) is 5.75 Å². The Balaban J connectivity index is 2.13. The quantitative estimate of drug-likeness (QED) is 0.880. The molecule has 1 aromatic heterocycles. The smallest absolute Gasteiger partial charge is 0.165 e. The van der Waals surface area contributed by atoms with Crippen molar-refractivity contribution in [2.45, 2.75) is 13.0 Å². The van der Waals surface area contributed by atoms with Crippen molar-refractivity contribution in [2.75, 3.05) is 6.54 Å². The van der Waals surface area contributed by atoms with Gasteiger partial charge in [-0.1, -0.05) is 18.2 Å². The fraction of sp³-hybridized carbons (Fsp3) is 0.214. The average molecular weight is 246 g/mol. The molecule has 0 saturated carbocycles. The first-order valence-electron chi connectivity index (χ1n) is 5.80. The van der Waals surface area contributed by atoms with Crippen molar-refractivity contribution >= 4 is 0 Å². The number of para-hydroxylation sites is 1. The molecule has 0 atom stereocenters. The number of hydrogen-bond donors (Lipinski definition) is 1. The lowest BCUT2D eigenvalue weighted by molar-refractivity contribution is 0.286. The zero-order chi connectivity index (χ0) is 12.8. The largest absolute Gasteiger partial charge is 0.485 e. The van der Waals surface area contributed by atoms with Crippen LogP contribution in [0.1, 0.15) is 11.1 Å². The third-order valence-corrected chi connectivity index (χ3v) is 2.57. The molecule has 1 aromatic carbocycles. The first-order chi connectivity index (χ1) is 8.81. The minimum absolute atomic E-state index is 0.284. The van der Waals surface area contributed by atoms with Crippen molar-refractivity contribution in [3.8, 4) is 5.75 Å². The molecule has 0 aliphatic carbocycles. The second-order valence-electron chi connectivity index (χ2n) is 3.92. The number of aromatic nitrogens is 1. The molecule has 0 amide bonds. The van der Waals surface area contributed by atoms with Gasteiger partial charge in [-0.2, -0.15) is 0 Å². The zero-order valence-corrected chi connectivity index (χ0v) is 9.97. The van der Waals surface area contributed by atoms with Gasteiger partial charge in [-0.3, -0.25) is 4.98 Å². The summed E-state index contributed by atoms with van der Waals surface area (Å²) in [5.41, 5.74) is 7.19. The highest BCUT2D eigenvalue weighted by Crippen LogP contribution is 2.23. The van der Waals surface area contributed by atoms with E-state index in [9.17, 15) is 4.39 Å². The van der Waals surface area contributed by atoms with Gasteiger partial charge in [0, 0.05) is 18.0 Å². The van der Waals surface area contributed by atoms with E-state index in [1.54, 1.807) is 18.5 Å². The summed E-state index contributed by atoms with van der Waals surface area (Å²) in [6.45, 7) is 0.763. The SMILES string of the molecule is NCCc1cccc(F)c1OCc1cccnc1. The summed E-state index contributed by atoms with van der Waals surface area (Å²) in [5, 5.41) is 0. The van der Waals surface area contributed by atoms with Crippen molar-refractivity contribution in [1.82, 2.24) is 4.98 Å². The lowest BCUT2D eigenvalue weighted by Crippen LogP contribution is -2.06. The highest BCUT2D eigenvalue weighted by Gasteiger charge is 2.09. The van der Waals surface area contributed by atoms with Crippen LogP contribution in [0.15, 0.2) is 42.7 Å². The van der Waals surface area contributed by atoms with Crippen LogP contribution in [-0.2, 0) is 13.0 Å². The van der Waals surface area contributed by atoms with E-state index < -0.39 is 0 Å². The van der Waals surface area contributed by atoms with E-state index in [-0.39, 0.29) is 11.6 Å². The summed E-state index contributed by atoms with van der Waals surface area (Å²) in [4.78, 5) is 3.98. The standard InChI is InChI=1S/C14H15FN2O/c15-13-5-1-4-12(6-7-16)14(13)18-10-11-3-2-8-17-9-11/h1-5,8-9H,6-7,10,16H2. The minimum Gasteiger partial charge on any atom is -0.485 e. The fourth-order valence-electron chi connectivity index (χ4n) is 1.71. The van der Waals surface area contributed by atoms with Crippen molar-refractivity contribution in [3.05, 3.63) is 59.7 Å². The second kappa shape index (κ2) is 6.12. The van der Waals surface area contributed by atoms with E-state index in [1.807, 2.05) is 18.2 Å². The molecule has 1 heterocycles. The zero-order valence-electron chi connectivity index (χ0n) is 9.97. The molecule has 2 N–H and O–H groups in total. The summed E-state index contributed by atoms with van der Waals surface area (Å²) in [6, 6.07) is 8.58. The fourth-order valence-corrected chi connectivity index (χ4v) is 1.71. The lowest BCUT2D eigenvalue weighted by Gasteiger charge is -2.11. The van der Waals surface area contributed by atoms with Gasteiger partial charge >= 0.3 is 0 Å². The van der Waals surface area contributed by atoms with Crippen LogP contribution in [0.25, 0.3) is 0 Å². The molecular weight excluding hydrogens is 231 g/mol. The number of rotatable bonds is 5.